The molecule has 1 atom stereocenters. The van der Waals surface area contributed by atoms with Gasteiger partial charge >= 0.3 is 5.97 Å². The Labute approximate surface area is 120 Å². The molecule has 0 aromatic heterocycles. The van der Waals surface area contributed by atoms with Crippen molar-refractivity contribution in [1.82, 2.24) is 5.32 Å². The number of methoxy groups -OCH3 is 1. The van der Waals surface area contributed by atoms with E-state index in [0.717, 1.165) is 11.3 Å². The maximum Gasteiger partial charge on any atom is 0.320 e. The number of aliphatic carboxylic acids is 1. The predicted octanol–water partition coefficient (Wildman–Crippen LogP) is 2.80. The number of para-hydroxylation sites is 1. The van der Waals surface area contributed by atoms with Gasteiger partial charge in [0.05, 0.1) is 7.11 Å². The molecule has 20 heavy (non-hydrogen) atoms. The molecule has 0 aliphatic heterocycles. The summed E-state index contributed by atoms with van der Waals surface area (Å²) in [5.74, 6) is 0.354. The van der Waals surface area contributed by atoms with Gasteiger partial charge in [-0.05, 0) is 18.4 Å². The summed E-state index contributed by atoms with van der Waals surface area (Å²) in [7, 11) is 1.63. The van der Waals surface area contributed by atoms with Gasteiger partial charge in [0.15, 0.2) is 0 Å². The van der Waals surface area contributed by atoms with E-state index in [2.05, 4.69) is 5.32 Å². The maximum absolute atomic E-state index is 11.1. The molecule has 4 nitrogen and oxygen atoms in total. The molecule has 1 rings (SSSR count). The standard InChI is InChI=1S/C16H23NO3/c1-12(2)11-14(16(18)19)17-10-6-8-13-7-4-5-9-15(13)20-3/h4-9,12,14,17H,10-11H2,1-3H3,(H,18,19)/b8-6+. The SMILES string of the molecule is COc1ccccc1/C=C/CNC(CC(C)C)C(=O)O. The molecule has 0 spiro atoms. The number of ether oxygens (including phenoxy) is 1. The zero-order chi connectivity index (χ0) is 15.0. The first-order chi connectivity index (χ1) is 9.54. The summed E-state index contributed by atoms with van der Waals surface area (Å²) in [6.45, 7) is 4.55. The lowest BCUT2D eigenvalue weighted by Gasteiger charge is -2.15. The highest BCUT2D eigenvalue weighted by Crippen LogP contribution is 2.18. The Balaban J connectivity index is 2.53. The molecule has 0 saturated heterocycles. The van der Waals surface area contributed by atoms with E-state index in [1.165, 1.54) is 0 Å². The number of carboxylic acid groups (broad SMARTS) is 1. The monoisotopic (exact) mass is 277 g/mol. The van der Waals surface area contributed by atoms with Crippen molar-refractivity contribution in [2.24, 2.45) is 5.92 Å². The van der Waals surface area contributed by atoms with Crippen LogP contribution in [0, 0.1) is 5.92 Å². The highest BCUT2D eigenvalue weighted by Gasteiger charge is 2.16. The number of nitrogens with one attached hydrogen (secondary N) is 1. The van der Waals surface area contributed by atoms with Gasteiger partial charge < -0.3 is 15.2 Å². The second kappa shape index (κ2) is 8.38. The molecule has 1 aromatic rings. The molecular weight excluding hydrogens is 254 g/mol. The summed E-state index contributed by atoms with van der Waals surface area (Å²) in [5, 5.41) is 12.1. The first-order valence-electron chi connectivity index (χ1n) is 6.80. The first-order valence-corrected chi connectivity index (χ1v) is 6.80. The van der Waals surface area contributed by atoms with Crippen LogP contribution in [0.2, 0.25) is 0 Å². The van der Waals surface area contributed by atoms with Crippen molar-refractivity contribution in [2.75, 3.05) is 13.7 Å². The molecule has 0 saturated carbocycles. The second-order valence-corrected chi connectivity index (χ2v) is 5.07. The van der Waals surface area contributed by atoms with Crippen molar-refractivity contribution < 1.29 is 14.6 Å². The average molecular weight is 277 g/mol. The molecule has 0 fully saturated rings. The number of carboxylic acids is 1. The lowest BCUT2D eigenvalue weighted by Crippen LogP contribution is -2.37. The molecule has 0 bridgehead atoms. The minimum atomic E-state index is -0.801. The molecule has 0 amide bonds. The Morgan fingerprint density at radius 3 is 2.70 bits per heavy atom. The average Bonchev–Trinajstić information content (AvgIpc) is 2.42. The van der Waals surface area contributed by atoms with Gasteiger partial charge in [-0.15, -0.1) is 0 Å². The Bertz CT molecular complexity index is 455. The number of benzene rings is 1. The smallest absolute Gasteiger partial charge is 0.320 e. The van der Waals surface area contributed by atoms with Crippen LogP contribution in [0.15, 0.2) is 30.3 Å². The highest BCUT2D eigenvalue weighted by molar-refractivity contribution is 5.73. The van der Waals surface area contributed by atoms with Crippen LogP contribution in [0.1, 0.15) is 25.8 Å². The Morgan fingerprint density at radius 2 is 2.10 bits per heavy atom. The third-order valence-electron chi connectivity index (χ3n) is 2.92. The quantitative estimate of drug-likeness (QED) is 0.767. The molecular formula is C16H23NO3. The van der Waals surface area contributed by atoms with E-state index in [-0.39, 0.29) is 0 Å². The summed E-state index contributed by atoms with van der Waals surface area (Å²) in [5.41, 5.74) is 0.979. The second-order valence-electron chi connectivity index (χ2n) is 5.07. The Kier molecular flexibility index (Phi) is 6.81. The Morgan fingerprint density at radius 1 is 1.40 bits per heavy atom. The van der Waals surface area contributed by atoms with Crippen LogP contribution >= 0.6 is 0 Å². The van der Waals surface area contributed by atoms with Gasteiger partial charge in [0.1, 0.15) is 11.8 Å². The van der Waals surface area contributed by atoms with Crippen molar-refractivity contribution in [3.05, 3.63) is 35.9 Å². The minimum Gasteiger partial charge on any atom is -0.496 e. The van der Waals surface area contributed by atoms with Gasteiger partial charge in [0, 0.05) is 12.1 Å². The maximum atomic E-state index is 11.1. The largest absolute Gasteiger partial charge is 0.496 e. The third-order valence-corrected chi connectivity index (χ3v) is 2.92. The molecule has 110 valence electrons. The molecule has 0 radical (unpaired) electrons. The molecule has 0 heterocycles. The summed E-state index contributed by atoms with van der Waals surface area (Å²) < 4.78 is 5.25. The van der Waals surface area contributed by atoms with Crippen molar-refractivity contribution in [3.8, 4) is 5.75 Å². The van der Waals surface area contributed by atoms with Crippen molar-refractivity contribution in [1.29, 1.82) is 0 Å². The first kappa shape index (κ1) is 16.2. The summed E-state index contributed by atoms with van der Waals surface area (Å²) in [6, 6.07) is 7.20. The molecule has 0 aliphatic rings. The van der Waals surface area contributed by atoms with Crippen LogP contribution < -0.4 is 10.1 Å². The normalized spacial score (nSPS) is 12.8. The third kappa shape index (κ3) is 5.45. The van der Waals surface area contributed by atoms with Crippen LogP contribution in [0.5, 0.6) is 5.75 Å². The van der Waals surface area contributed by atoms with Crippen LogP contribution in [0.25, 0.3) is 6.08 Å². The number of rotatable bonds is 8. The topological polar surface area (TPSA) is 58.6 Å². The fraction of sp³-hybridized carbons (Fsp3) is 0.438. The molecule has 2 N–H and O–H groups in total. The highest BCUT2D eigenvalue weighted by atomic mass is 16.5. The van der Waals surface area contributed by atoms with Crippen molar-refractivity contribution in [2.45, 2.75) is 26.3 Å². The van der Waals surface area contributed by atoms with E-state index in [1.807, 2.05) is 50.3 Å². The zero-order valence-corrected chi connectivity index (χ0v) is 12.3. The lowest BCUT2D eigenvalue weighted by molar-refractivity contribution is -0.139. The fourth-order valence-corrected chi connectivity index (χ4v) is 1.94. The van der Waals surface area contributed by atoms with E-state index in [1.54, 1.807) is 7.11 Å². The van der Waals surface area contributed by atoms with E-state index >= 15 is 0 Å². The predicted molar refractivity (Wildman–Crippen MR) is 80.9 cm³/mol. The summed E-state index contributed by atoms with van der Waals surface area (Å²) in [4.78, 5) is 11.1. The summed E-state index contributed by atoms with van der Waals surface area (Å²) in [6.07, 6.45) is 4.46. The van der Waals surface area contributed by atoms with Crippen LogP contribution in [0.3, 0.4) is 0 Å². The van der Waals surface area contributed by atoms with Gasteiger partial charge in [-0.2, -0.15) is 0 Å². The number of carbonyl (C=O) groups is 1. The van der Waals surface area contributed by atoms with Gasteiger partial charge in [-0.25, -0.2) is 0 Å². The van der Waals surface area contributed by atoms with E-state index in [4.69, 9.17) is 9.84 Å². The number of hydrogen-bond donors (Lipinski definition) is 2. The van der Waals surface area contributed by atoms with Crippen molar-refractivity contribution in [3.63, 3.8) is 0 Å². The van der Waals surface area contributed by atoms with Crippen LogP contribution in [-0.4, -0.2) is 30.8 Å². The minimum absolute atomic E-state index is 0.349. The van der Waals surface area contributed by atoms with E-state index in [9.17, 15) is 4.79 Å². The van der Waals surface area contributed by atoms with Gasteiger partial charge in [0.25, 0.3) is 0 Å². The molecule has 1 unspecified atom stereocenters. The molecule has 0 aliphatic carbocycles. The van der Waals surface area contributed by atoms with Gasteiger partial charge in [-0.3, -0.25) is 4.79 Å². The molecule has 4 heteroatoms. The summed E-state index contributed by atoms with van der Waals surface area (Å²) >= 11 is 0. The van der Waals surface area contributed by atoms with Crippen LogP contribution in [0.4, 0.5) is 0 Å². The van der Waals surface area contributed by atoms with E-state index < -0.39 is 12.0 Å². The van der Waals surface area contributed by atoms with Crippen LogP contribution in [-0.2, 0) is 4.79 Å². The van der Waals surface area contributed by atoms with Gasteiger partial charge in [0.2, 0.25) is 0 Å². The Hall–Kier alpha value is -1.81. The number of hydrogen-bond acceptors (Lipinski definition) is 3. The van der Waals surface area contributed by atoms with Gasteiger partial charge in [-0.1, -0.05) is 44.2 Å². The zero-order valence-electron chi connectivity index (χ0n) is 12.3. The lowest BCUT2D eigenvalue weighted by atomic mass is 10.0. The fourth-order valence-electron chi connectivity index (χ4n) is 1.94. The molecule has 1 aromatic carbocycles. The van der Waals surface area contributed by atoms with E-state index in [0.29, 0.717) is 18.9 Å². The van der Waals surface area contributed by atoms with Crippen molar-refractivity contribution >= 4 is 12.0 Å².